The van der Waals surface area contributed by atoms with Crippen LogP contribution in [-0.2, 0) is 24.3 Å². The lowest BCUT2D eigenvalue weighted by Crippen LogP contribution is -2.37. The molecule has 0 fully saturated rings. The zero-order valence-corrected chi connectivity index (χ0v) is 20.0. The summed E-state index contributed by atoms with van der Waals surface area (Å²) in [7, 11) is 1.76. The van der Waals surface area contributed by atoms with E-state index >= 15 is 0 Å². The Labute approximate surface area is 194 Å². The Balaban J connectivity index is 0.00000320. The highest BCUT2D eigenvalue weighted by atomic mass is 127. The molecule has 162 valence electrons. The number of aliphatic imine (C=N–C) groups is 1. The van der Waals surface area contributed by atoms with Gasteiger partial charge < -0.3 is 20.4 Å². The van der Waals surface area contributed by atoms with Gasteiger partial charge in [-0.1, -0.05) is 24.3 Å². The number of guanidine groups is 1. The molecule has 7 heteroatoms. The Morgan fingerprint density at radius 3 is 2.53 bits per heavy atom. The molecule has 3 aromatic rings. The summed E-state index contributed by atoms with van der Waals surface area (Å²) in [6.07, 6.45) is 2.99. The lowest BCUT2D eigenvalue weighted by atomic mass is 10.1. The second-order valence-corrected chi connectivity index (χ2v) is 7.28. The van der Waals surface area contributed by atoms with Gasteiger partial charge in [0.25, 0.3) is 0 Å². The fraction of sp³-hybridized carbons (Fsp3) is 0.348. The third-order valence-corrected chi connectivity index (χ3v) is 4.71. The summed E-state index contributed by atoms with van der Waals surface area (Å²) >= 11 is 0. The van der Waals surface area contributed by atoms with Crippen molar-refractivity contribution in [2.45, 2.75) is 39.5 Å². The maximum absolute atomic E-state index is 13.3. The van der Waals surface area contributed by atoms with Gasteiger partial charge in [0.15, 0.2) is 5.96 Å². The molecule has 3 rings (SSSR count). The van der Waals surface area contributed by atoms with Crippen LogP contribution in [0.1, 0.15) is 30.5 Å². The molecule has 0 saturated carbocycles. The topological polar surface area (TPSA) is 61.4 Å². The molecule has 0 atom stereocenters. The molecule has 1 heterocycles. The van der Waals surface area contributed by atoms with Gasteiger partial charge in [0, 0.05) is 37.2 Å². The van der Waals surface area contributed by atoms with Crippen LogP contribution in [0.25, 0.3) is 10.9 Å². The first-order valence-corrected chi connectivity index (χ1v) is 9.94. The zero-order chi connectivity index (χ0) is 20.6. The van der Waals surface area contributed by atoms with Crippen molar-refractivity contribution in [3.05, 3.63) is 71.2 Å². The van der Waals surface area contributed by atoms with E-state index in [1.54, 1.807) is 7.05 Å². The molecule has 0 aliphatic rings. The first-order chi connectivity index (χ1) is 14.0. The van der Waals surface area contributed by atoms with Gasteiger partial charge in [-0.3, -0.25) is 4.99 Å². The molecule has 30 heavy (non-hydrogen) atoms. The quantitative estimate of drug-likeness (QED) is 0.226. The van der Waals surface area contributed by atoms with E-state index in [2.05, 4.69) is 44.9 Å². The molecule has 2 aromatic carbocycles. The van der Waals surface area contributed by atoms with E-state index in [0.29, 0.717) is 13.2 Å². The number of H-pyrrole nitrogens is 1. The molecule has 0 bridgehead atoms. The van der Waals surface area contributed by atoms with Crippen LogP contribution >= 0.6 is 24.0 Å². The average molecular weight is 524 g/mol. The van der Waals surface area contributed by atoms with Crippen molar-refractivity contribution in [2.24, 2.45) is 4.99 Å². The van der Waals surface area contributed by atoms with Crippen LogP contribution in [-0.4, -0.2) is 30.6 Å². The fourth-order valence-electron chi connectivity index (χ4n) is 3.10. The number of halogens is 2. The highest BCUT2D eigenvalue weighted by Gasteiger charge is 2.05. The SMILES string of the molecule is CN=C(NCCc1c[nH]c2cc(F)ccc12)NCc1ccc(COC(C)C)cc1.I. The predicted molar refractivity (Wildman–Crippen MR) is 132 cm³/mol. The number of benzene rings is 2. The molecule has 3 N–H and O–H groups in total. The van der Waals surface area contributed by atoms with Crippen molar-refractivity contribution in [1.82, 2.24) is 15.6 Å². The van der Waals surface area contributed by atoms with Crippen LogP contribution in [0.15, 0.2) is 53.7 Å². The summed E-state index contributed by atoms with van der Waals surface area (Å²) in [6.45, 7) is 6.13. The zero-order valence-electron chi connectivity index (χ0n) is 17.7. The number of ether oxygens (including phenoxy) is 1. The highest BCUT2D eigenvalue weighted by Crippen LogP contribution is 2.19. The molecule has 0 saturated heterocycles. The third kappa shape index (κ3) is 6.98. The first-order valence-electron chi connectivity index (χ1n) is 9.94. The molecule has 0 amide bonds. The Kier molecular flexibility index (Phi) is 9.58. The van der Waals surface area contributed by atoms with Crippen molar-refractivity contribution < 1.29 is 9.13 Å². The number of aromatic nitrogens is 1. The van der Waals surface area contributed by atoms with Crippen LogP contribution < -0.4 is 10.6 Å². The van der Waals surface area contributed by atoms with Gasteiger partial charge in [0.2, 0.25) is 0 Å². The first kappa shape index (κ1) is 24.1. The Morgan fingerprint density at radius 2 is 1.83 bits per heavy atom. The Morgan fingerprint density at radius 1 is 1.10 bits per heavy atom. The van der Waals surface area contributed by atoms with Crippen molar-refractivity contribution in [2.75, 3.05) is 13.6 Å². The van der Waals surface area contributed by atoms with E-state index in [0.717, 1.165) is 35.4 Å². The molecule has 1 aromatic heterocycles. The van der Waals surface area contributed by atoms with Gasteiger partial charge in [-0.05, 0) is 55.2 Å². The lowest BCUT2D eigenvalue weighted by molar-refractivity contribution is 0.0657. The third-order valence-electron chi connectivity index (χ3n) is 4.71. The summed E-state index contributed by atoms with van der Waals surface area (Å²) < 4.78 is 18.9. The second kappa shape index (κ2) is 11.9. The number of rotatable bonds is 8. The minimum atomic E-state index is -0.228. The number of aromatic amines is 1. The fourth-order valence-corrected chi connectivity index (χ4v) is 3.10. The van der Waals surface area contributed by atoms with Crippen LogP contribution in [0, 0.1) is 5.82 Å². The molecule has 0 aliphatic carbocycles. The van der Waals surface area contributed by atoms with Crippen LogP contribution in [0.4, 0.5) is 4.39 Å². The second-order valence-electron chi connectivity index (χ2n) is 7.28. The molecule has 0 radical (unpaired) electrons. The van der Waals surface area contributed by atoms with Gasteiger partial charge >= 0.3 is 0 Å². The number of nitrogens with one attached hydrogen (secondary N) is 3. The van der Waals surface area contributed by atoms with Crippen LogP contribution in [0.5, 0.6) is 0 Å². The molecular weight excluding hydrogens is 494 g/mol. The molecule has 0 unspecified atom stereocenters. The summed E-state index contributed by atoms with van der Waals surface area (Å²) in [5.41, 5.74) is 4.33. The molecule has 0 aliphatic heterocycles. The maximum atomic E-state index is 13.3. The molecular formula is C23H30FIN4O. The average Bonchev–Trinajstić information content (AvgIpc) is 3.11. The Hall–Kier alpha value is -2.13. The minimum absolute atomic E-state index is 0. The van der Waals surface area contributed by atoms with E-state index in [9.17, 15) is 4.39 Å². The van der Waals surface area contributed by atoms with E-state index in [-0.39, 0.29) is 35.9 Å². The number of nitrogens with zero attached hydrogens (tertiary/aromatic N) is 1. The summed E-state index contributed by atoms with van der Waals surface area (Å²) in [4.78, 5) is 7.40. The van der Waals surface area contributed by atoms with Crippen LogP contribution in [0.2, 0.25) is 0 Å². The number of fused-ring (bicyclic) bond motifs is 1. The van der Waals surface area contributed by atoms with E-state index < -0.39 is 0 Å². The van der Waals surface area contributed by atoms with Crippen LogP contribution in [0.3, 0.4) is 0 Å². The van der Waals surface area contributed by atoms with Gasteiger partial charge in [-0.15, -0.1) is 24.0 Å². The molecule has 5 nitrogen and oxygen atoms in total. The van der Waals surface area contributed by atoms with Crippen molar-refractivity contribution in [1.29, 1.82) is 0 Å². The van der Waals surface area contributed by atoms with Gasteiger partial charge in [-0.2, -0.15) is 0 Å². The molecule has 0 spiro atoms. The van der Waals surface area contributed by atoms with E-state index in [4.69, 9.17) is 4.74 Å². The van der Waals surface area contributed by atoms with E-state index in [1.807, 2.05) is 26.1 Å². The van der Waals surface area contributed by atoms with E-state index in [1.165, 1.54) is 23.3 Å². The Bertz CT molecular complexity index is 953. The van der Waals surface area contributed by atoms with Crippen molar-refractivity contribution in [3.8, 4) is 0 Å². The van der Waals surface area contributed by atoms with Gasteiger partial charge in [0.1, 0.15) is 5.82 Å². The van der Waals surface area contributed by atoms with Crippen molar-refractivity contribution in [3.63, 3.8) is 0 Å². The predicted octanol–water partition coefficient (Wildman–Crippen LogP) is 4.76. The largest absolute Gasteiger partial charge is 0.374 e. The highest BCUT2D eigenvalue weighted by molar-refractivity contribution is 14.0. The monoisotopic (exact) mass is 524 g/mol. The smallest absolute Gasteiger partial charge is 0.191 e. The van der Waals surface area contributed by atoms with Crippen molar-refractivity contribution >= 4 is 40.8 Å². The maximum Gasteiger partial charge on any atom is 0.191 e. The standard InChI is InChI=1S/C23H29FN4O.HI/c1-16(2)29-15-18-6-4-17(5-7-18)13-28-23(25-3)26-11-10-19-14-27-22-12-20(24)8-9-21(19)22;/h4-9,12,14,16,27H,10-11,13,15H2,1-3H3,(H2,25,26,28);1H. The normalized spacial score (nSPS) is 11.6. The number of hydrogen-bond donors (Lipinski definition) is 3. The van der Waals surface area contributed by atoms with Gasteiger partial charge in [0.05, 0.1) is 12.7 Å². The summed E-state index contributed by atoms with van der Waals surface area (Å²) in [5, 5.41) is 7.71. The minimum Gasteiger partial charge on any atom is -0.374 e. The lowest BCUT2D eigenvalue weighted by Gasteiger charge is -2.12. The number of hydrogen-bond acceptors (Lipinski definition) is 2. The van der Waals surface area contributed by atoms with Gasteiger partial charge in [-0.25, -0.2) is 4.39 Å². The summed E-state index contributed by atoms with van der Waals surface area (Å²) in [6, 6.07) is 13.2. The summed E-state index contributed by atoms with van der Waals surface area (Å²) in [5.74, 6) is 0.525.